The number of carbonyl (C=O) groups excluding carboxylic acids is 3. The summed E-state index contributed by atoms with van der Waals surface area (Å²) in [5, 5.41) is 5.87. The van der Waals surface area contributed by atoms with E-state index in [9.17, 15) is 14.4 Å². The molecule has 5 rings (SSSR count). The van der Waals surface area contributed by atoms with Gasteiger partial charge in [0, 0.05) is 50.7 Å². The summed E-state index contributed by atoms with van der Waals surface area (Å²) >= 11 is 0. The fraction of sp³-hybridized carbons (Fsp3) is 0.571. The summed E-state index contributed by atoms with van der Waals surface area (Å²) < 4.78 is 0. The summed E-state index contributed by atoms with van der Waals surface area (Å²) in [5.74, 6) is 0.112. The van der Waals surface area contributed by atoms with E-state index in [-0.39, 0.29) is 24.1 Å². The molecule has 7 heteroatoms. The van der Waals surface area contributed by atoms with E-state index in [1.54, 1.807) is 4.90 Å². The van der Waals surface area contributed by atoms with Gasteiger partial charge in [0.2, 0.25) is 11.8 Å². The van der Waals surface area contributed by atoms with Crippen molar-refractivity contribution in [3.05, 3.63) is 34.9 Å². The van der Waals surface area contributed by atoms with Gasteiger partial charge in [-0.1, -0.05) is 12.1 Å². The Balaban J connectivity index is 1.31. The molecule has 0 bridgehead atoms. The third kappa shape index (κ3) is 3.22. The van der Waals surface area contributed by atoms with Gasteiger partial charge < -0.3 is 10.2 Å². The average Bonchev–Trinajstić information content (AvgIpc) is 3.47. The van der Waals surface area contributed by atoms with E-state index < -0.39 is 6.04 Å². The number of fused-ring (bicyclic) bond motifs is 1. The lowest BCUT2D eigenvalue weighted by Gasteiger charge is -2.36. The number of piperazine rings is 1. The maximum absolute atomic E-state index is 12.8. The van der Waals surface area contributed by atoms with Crippen LogP contribution in [-0.4, -0.2) is 59.2 Å². The highest BCUT2D eigenvalue weighted by Crippen LogP contribution is 2.36. The molecule has 1 saturated carbocycles. The smallest absolute Gasteiger partial charge is 0.255 e. The average molecular weight is 382 g/mol. The molecule has 1 aromatic rings. The molecule has 0 radical (unpaired) electrons. The third-order valence-electron chi connectivity index (χ3n) is 6.54. The Morgan fingerprint density at radius 3 is 2.75 bits per heavy atom. The normalized spacial score (nSPS) is 28.4. The van der Waals surface area contributed by atoms with E-state index >= 15 is 0 Å². The van der Waals surface area contributed by atoms with Crippen molar-refractivity contribution in [2.24, 2.45) is 5.92 Å². The first-order valence-electron chi connectivity index (χ1n) is 10.3. The van der Waals surface area contributed by atoms with E-state index in [1.165, 1.54) is 18.4 Å². The van der Waals surface area contributed by atoms with Crippen molar-refractivity contribution < 1.29 is 14.4 Å². The van der Waals surface area contributed by atoms with Crippen molar-refractivity contribution >= 4 is 17.7 Å². The number of rotatable bonds is 4. The van der Waals surface area contributed by atoms with Crippen LogP contribution < -0.4 is 10.6 Å². The van der Waals surface area contributed by atoms with Crippen molar-refractivity contribution in [1.82, 2.24) is 20.4 Å². The van der Waals surface area contributed by atoms with Gasteiger partial charge >= 0.3 is 0 Å². The van der Waals surface area contributed by atoms with Crippen LogP contribution in [-0.2, 0) is 22.7 Å². The SMILES string of the molecule is O=C1CCC(N2Cc3cc(CN4CCNCC4C4CC4)ccc3C2=O)C(=O)N1. The van der Waals surface area contributed by atoms with Crippen LogP contribution in [0, 0.1) is 5.92 Å². The van der Waals surface area contributed by atoms with Crippen LogP contribution in [0.2, 0.25) is 0 Å². The molecule has 2 atom stereocenters. The van der Waals surface area contributed by atoms with Gasteiger partial charge in [0.05, 0.1) is 0 Å². The molecule has 2 N–H and O–H groups in total. The number of hydrogen-bond donors (Lipinski definition) is 2. The van der Waals surface area contributed by atoms with Gasteiger partial charge in [-0.05, 0) is 42.4 Å². The molecular formula is C21H26N4O3. The monoisotopic (exact) mass is 382 g/mol. The van der Waals surface area contributed by atoms with E-state index in [4.69, 9.17) is 0 Å². The second-order valence-corrected chi connectivity index (χ2v) is 8.47. The number of benzene rings is 1. The fourth-order valence-electron chi connectivity index (χ4n) is 4.87. The second-order valence-electron chi connectivity index (χ2n) is 8.47. The summed E-state index contributed by atoms with van der Waals surface area (Å²) in [5.41, 5.74) is 2.90. The predicted molar refractivity (Wildman–Crippen MR) is 102 cm³/mol. The topological polar surface area (TPSA) is 81.8 Å². The standard InChI is InChI=1S/C21H26N4O3/c26-19-6-5-17(20(27)23-19)25-12-15-9-13(1-4-16(15)21(25)28)11-24-8-7-22-10-18(24)14-2-3-14/h1,4,9,14,17-18,22H,2-3,5-8,10-12H2,(H,23,26,27). The van der Waals surface area contributed by atoms with Crippen LogP contribution in [0.3, 0.4) is 0 Å². The Kier molecular flexibility index (Phi) is 4.44. The highest BCUT2D eigenvalue weighted by molar-refractivity contribution is 6.05. The number of nitrogens with one attached hydrogen (secondary N) is 2. The van der Waals surface area contributed by atoms with Gasteiger partial charge in [-0.25, -0.2) is 0 Å². The van der Waals surface area contributed by atoms with Crippen molar-refractivity contribution in [3.63, 3.8) is 0 Å². The zero-order chi connectivity index (χ0) is 19.3. The van der Waals surface area contributed by atoms with Gasteiger partial charge in [-0.15, -0.1) is 0 Å². The molecule has 3 heterocycles. The summed E-state index contributed by atoms with van der Waals surface area (Å²) in [4.78, 5) is 40.6. The molecule has 2 unspecified atom stereocenters. The van der Waals surface area contributed by atoms with Gasteiger partial charge in [-0.3, -0.25) is 24.6 Å². The Bertz CT molecular complexity index is 835. The van der Waals surface area contributed by atoms with Crippen LogP contribution in [0.4, 0.5) is 0 Å². The van der Waals surface area contributed by atoms with E-state index in [0.717, 1.165) is 37.7 Å². The summed E-state index contributed by atoms with van der Waals surface area (Å²) in [6.07, 6.45) is 3.36. The molecule has 0 spiro atoms. The number of nitrogens with zero attached hydrogens (tertiary/aromatic N) is 2. The lowest BCUT2D eigenvalue weighted by Crippen LogP contribution is -2.52. The van der Waals surface area contributed by atoms with E-state index in [0.29, 0.717) is 24.6 Å². The molecule has 148 valence electrons. The van der Waals surface area contributed by atoms with Crippen LogP contribution in [0.1, 0.15) is 47.2 Å². The predicted octanol–water partition coefficient (Wildman–Crippen LogP) is 0.631. The van der Waals surface area contributed by atoms with Crippen molar-refractivity contribution in [2.75, 3.05) is 19.6 Å². The molecule has 1 aliphatic carbocycles. The van der Waals surface area contributed by atoms with Gasteiger partial charge in [-0.2, -0.15) is 0 Å². The Hall–Kier alpha value is -2.25. The first-order chi connectivity index (χ1) is 13.6. The third-order valence-corrected chi connectivity index (χ3v) is 6.54. The van der Waals surface area contributed by atoms with Gasteiger partial charge in [0.25, 0.3) is 5.91 Å². The van der Waals surface area contributed by atoms with Crippen LogP contribution in [0.25, 0.3) is 0 Å². The number of hydrogen-bond acceptors (Lipinski definition) is 5. The molecule has 28 heavy (non-hydrogen) atoms. The van der Waals surface area contributed by atoms with Crippen LogP contribution in [0.15, 0.2) is 18.2 Å². The van der Waals surface area contributed by atoms with Crippen LogP contribution in [0.5, 0.6) is 0 Å². The summed E-state index contributed by atoms with van der Waals surface area (Å²) in [6, 6.07) is 6.16. The minimum atomic E-state index is -0.548. The van der Waals surface area contributed by atoms with Crippen molar-refractivity contribution in [3.8, 4) is 0 Å². The largest absolute Gasteiger partial charge is 0.322 e. The molecule has 7 nitrogen and oxygen atoms in total. The lowest BCUT2D eigenvalue weighted by molar-refractivity contribution is -0.136. The van der Waals surface area contributed by atoms with E-state index in [1.807, 2.05) is 6.07 Å². The quantitative estimate of drug-likeness (QED) is 0.747. The number of piperidine rings is 1. The lowest BCUT2D eigenvalue weighted by atomic mass is 10.0. The Morgan fingerprint density at radius 1 is 1.11 bits per heavy atom. The molecule has 1 aromatic carbocycles. The summed E-state index contributed by atoms with van der Waals surface area (Å²) in [7, 11) is 0. The van der Waals surface area contributed by atoms with E-state index in [2.05, 4.69) is 27.7 Å². The number of imide groups is 1. The fourth-order valence-corrected chi connectivity index (χ4v) is 4.87. The van der Waals surface area contributed by atoms with Gasteiger partial charge in [0.1, 0.15) is 6.04 Å². The molecule has 0 aromatic heterocycles. The van der Waals surface area contributed by atoms with Crippen molar-refractivity contribution in [1.29, 1.82) is 0 Å². The molecular weight excluding hydrogens is 356 g/mol. The maximum Gasteiger partial charge on any atom is 0.255 e. The molecule has 2 saturated heterocycles. The Labute approximate surface area is 164 Å². The Morgan fingerprint density at radius 2 is 1.96 bits per heavy atom. The molecule has 3 fully saturated rings. The highest BCUT2D eigenvalue weighted by Gasteiger charge is 2.39. The summed E-state index contributed by atoms with van der Waals surface area (Å²) in [6.45, 7) is 4.50. The van der Waals surface area contributed by atoms with Crippen molar-refractivity contribution in [2.45, 2.75) is 50.9 Å². The zero-order valence-electron chi connectivity index (χ0n) is 15.9. The second kappa shape index (κ2) is 6.97. The maximum atomic E-state index is 12.8. The molecule has 3 aliphatic heterocycles. The van der Waals surface area contributed by atoms with Gasteiger partial charge in [0.15, 0.2) is 0 Å². The highest BCUT2D eigenvalue weighted by atomic mass is 16.2. The van der Waals surface area contributed by atoms with Crippen LogP contribution >= 0.6 is 0 Å². The number of amides is 3. The molecule has 4 aliphatic rings. The first-order valence-corrected chi connectivity index (χ1v) is 10.3. The number of carbonyl (C=O) groups is 3. The minimum Gasteiger partial charge on any atom is -0.322 e. The first kappa shape index (κ1) is 17.8. The zero-order valence-corrected chi connectivity index (χ0v) is 15.9. The molecule has 3 amide bonds. The minimum absolute atomic E-state index is 0.103.